The van der Waals surface area contributed by atoms with Crippen molar-refractivity contribution in [3.8, 4) is 33.5 Å². The van der Waals surface area contributed by atoms with Gasteiger partial charge in [-0.2, -0.15) is 0 Å². The van der Waals surface area contributed by atoms with Gasteiger partial charge in [0.1, 0.15) is 0 Å². The third kappa shape index (κ3) is 3.33. The largest absolute Gasteiger partial charge is 0.255 e. The second-order valence-corrected chi connectivity index (χ2v) is 6.30. The van der Waals surface area contributed by atoms with Crippen LogP contribution in [0.3, 0.4) is 0 Å². The molecule has 25 heavy (non-hydrogen) atoms. The van der Waals surface area contributed by atoms with Crippen LogP contribution < -0.4 is 0 Å². The second kappa shape index (κ2) is 6.92. The maximum absolute atomic E-state index is 6.04. The van der Waals surface area contributed by atoms with E-state index in [1.165, 1.54) is 0 Å². The van der Waals surface area contributed by atoms with Crippen molar-refractivity contribution >= 4 is 11.6 Å². The van der Waals surface area contributed by atoms with E-state index >= 15 is 0 Å². The summed E-state index contributed by atoms with van der Waals surface area (Å²) in [4.78, 5) is 4.79. The van der Waals surface area contributed by atoms with Gasteiger partial charge < -0.3 is 0 Å². The van der Waals surface area contributed by atoms with Crippen LogP contribution >= 0.6 is 11.6 Å². The average molecular weight is 342 g/mol. The van der Waals surface area contributed by atoms with E-state index in [9.17, 15) is 0 Å². The monoisotopic (exact) mass is 341 g/mol. The maximum atomic E-state index is 6.04. The first-order valence-electron chi connectivity index (χ1n) is 8.18. The molecule has 0 unspecified atom stereocenters. The Hall–Kier alpha value is -2.90. The number of rotatable bonds is 3. The van der Waals surface area contributed by atoms with Crippen molar-refractivity contribution in [2.24, 2.45) is 0 Å². The SMILES string of the molecule is Clc1ccc(-c2ncc(-c3ccccc3)cc2-c2ccccc2)cc1. The number of aromatic nitrogens is 1. The van der Waals surface area contributed by atoms with Crippen molar-refractivity contribution in [1.82, 2.24) is 4.98 Å². The Morgan fingerprint density at radius 1 is 0.560 bits per heavy atom. The molecule has 0 spiro atoms. The summed E-state index contributed by atoms with van der Waals surface area (Å²) in [5, 5.41) is 0.728. The molecule has 0 N–H and O–H groups in total. The lowest BCUT2D eigenvalue weighted by Gasteiger charge is -2.12. The Balaban J connectivity index is 1.91. The molecule has 0 amide bonds. The van der Waals surface area contributed by atoms with Crippen LogP contribution in [0.15, 0.2) is 97.2 Å². The lowest BCUT2D eigenvalue weighted by atomic mass is 9.96. The van der Waals surface area contributed by atoms with E-state index in [1.54, 1.807) is 0 Å². The predicted molar refractivity (Wildman–Crippen MR) is 106 cm³/mol. The Bertz CT molecular complexity index is 977. The van der Waals surface area contributed by atoms with Gasteiger partial charge in [0.2, 0.25) is 0 Å². The fraction of sp³-hybridized carbons (Fsp3) is 0. The van der Waals surface area contributed by atoms with Crippen LogP contribution in [-0.2, 0) is 0 Å². The molecule has 0 aliphatic rings. The first kappa shape index (κ1) is 15.6. The number of benzene rings is 3. The van der Waals surface area contributed by atoms with Crippen LogP contribution in [0.5, 0.6) is 0 Å². The summed E-state index contributed by atoms with van der Waals surface area (Å²) in [6.07, 6.45) is 1.94. The van der Waals surface area contributed by atoms with Crippen LogP contribution in [0, 0.1) is 0 Å². The molecule has 0 aliphatic heterocycles. The molecular formula is C23H16ClN. The molecule has 0 aliphatic carbocycles. The Labute approximate surface area is 152 Å². The summed E-state index contributed by atoms with van der Waals surface area (Å²) in [7, 11) is 0. The van der Waals surface area contributed by atoms with Gasteiger partial charge in [-0.3, -0.25) is 4.98 Å². The third-order valence-corrected chi connectivity index (χ3v) is 4.45. The molecule has 1 aromatic heterocycles. The normalized spacial score (nSPS) is 10.6. The van der Waals surface area contributed by atoms with Gasteiger partial charge >= 0.3 is 0 Å². The van der Waals surface area contributed by atoms with Crippen LogP contribution in [0.25, 0.3) is 33.5 Å². The first-order valence-corrected chi connectivity index (χ1v) is 8.56. The number of nitrogens with zero attached hydrogens (tertiary/aromatic N) is 1. The molecular weight excluding hydrogens is 326 g/mol. The van der Waals surface area contributed by atoms with E-state index in [2.05, 4.69) is 42.5 Å². The van der Waals surface area contributed by atoms with Gasteiger partial charge in [0.25, 0.3) is 0 Å². The summed E-state index contributed by atoms with van der Waals surface area (Å²) in [6, 6.07) is 30.7. The zero-order valence-electron chi connectivity index (χ0n) is 13.6. The van der Waals surface area contributed by atoms with Crippen molar-refractivity contribution in [3.63, 3.8) is 0 Å². The Kier molecular flexibility index (Phi) is 4.32. The molecule has 1 heterocycles. The smallest absolute Gasteiger partial charge is 0.0780 e. The van der Waals surface area contributed by atoms with Gasteiger partial charge in [-0.15, -0.1) is 0 Å². The highest BCUT2D eigenvalue weighted by Gasteiger charge is 2.11. The second-order valence-electron chi connectivity index (χ2n) is 5.86. The van der Waals surface area contributed by atoms with Crippen LogP contribution in [0.2, 0.25) is 5.02 Å². The first-order chi connectivity index (χ1) is 12.3. The number of pyridine rings is 1. The molecule has 0 fully saturated rings. The molecule has 4 rings (SSSR count). The summed E-state index contributed by atoms with van der Waals surface area (Å²) in [6.45, 7) is 0. The van der Waals surface area contributed by atoms with Gasteiger partial charge in [0, 0.05) is 27.9 Å². The van der Waals surface area contributed by atoms with Crippen LogP contribution in [-0.4, -0.2) is 4.98 Å². The van der Waals surface area contributed by atoms with Crippen molar-refractivity contribution in [3.05, 3.63) is 102 Å². The highest BCUT2D eigenvalue weighted by Crippen LogP contribution is 2.34. The lowest BCUT2D eigenvalue weighted by Crippen LogP contribution is -1.91. The van der Waals surface area contributed by atoms with Crippen molar-refractivity contribution in [1.29, 1.82) is 0 Å². The Morgan fingerprint density at radius 2 is 1.16 bits per heavy atom. The van der Waals surface area contributed by atoms with Gasteiger partial charge in [-0.25, -0.2) is 0 Å². The highest BCUT2D eigenvalue weighted by molar-refractivity contribution is 6.30. The van der Waals surface area contributed by atoms with Gasteiger partial charge in [0.05, 0.1) is 5.69 Å². The zero-order chi connectivity index (χ0) is 17.1. The van der Waals surface area contributed by atoms with E-state index in [0.717, 1.165) is 38.5 Å². The fourth-order valence-electron chi connectivity index (χ4n) is 2.93. The molecule has 0 saturated heterocycles. The van der Waals surface area contributed by atoms with Crippen molar-refractivity contribution < 1.29 is 0 Å². The molecule has 1 nitrogen and oxygen atoms in total. The molecule has 4 aromatic rings. The van der Waals surface area contributed by atoms with Gasteiger partial charge in [-0.05, 0) is 29.3 Å². The number of halogens is 1. The minimum absolute atomic E-state index is 0.728. The van der Waals surface area contributed by atoms with Gasteiger partial charge in [-0.1, -0.05) is 84.4 Å². The number of hydrogen-bond donors (Lipinski definition) is 0. The van der Waals surface area contributed by atoms with Crippen molar-refractivity contribution in [2.75, 3.05) is 0 Å². The van der Waals surface area contributed by atoms with Crippen LogP contribution in [0.4, 0.5) is 0 Å². The lowest BCUT2D eigenvalue weighted by molar-refractivity contribution is 1.32. The zero-order valence-corrected chi connectivity index (χ0v) is 14.3. The predicted octanol–water partition coefficient (Wildman–Crippen LogP) is 6.74. The minimum Gasteiger partial charge on any atom is -0.255 e. The van der Waals surface area contributed by atoms with Crippen molar-refractivity contribution in [2.45, 2.75) is 0 Å². The third-order valence-electron chi connectivity index (χ3n) is 4.20. The maximum Gasteiger partial charge on any atom is 0.0780 e. The fourth-order valence-corrected chi connectivity index (χ4v) is 3.05. The highest BCUT2D eigenvalue weighted by atomic mass is 35.5. The van der Waals surface area contributed by atoms with E-state index < -0.39 is 0 Å². The Morgan fingerprint density at radius 3 is 1.80 bits per heavy atom. The summed E-state index contributed by atoms with van der Waals surface area (Å²) in [5.41, 5.74) is 6.56. The topological polar surface area (TPSA) is 12.9 Å². The standard InChI is InChI=1S/C23H16ClN/c24-21-13-11-19(12-14-21)23-22(18-9-5-2-6-10-18)15-20(16-25-23)17-7-3-1-4-8-17/h1-16H. The number of hydrogen-bond acceptors (Lipinski definition) is 1. The van der Waals surface area contributed by atoms with E-state index in [0.29, 0.717) is 0 Å². The summed E-state index contributed by atoms with van der Waals surface area (Å²) in [5.74, 6) is 0. The minimum atomic E-state index is 0.728. The van der Waals surface area contributed by atoms with E-state index in [-0.39, 0.29) is 0 Å². The average Bonchev–Trinajstić information content (AvgIpc) is 2.70. The molecule has 0 radical (unpaired) electrons. The summed E-state index contributed by atoms with van der Waals surface area (Å²) >= 11 is 6.04. The molecule has 3 aromatic carbocycles. The molecule has 0 atom stereocenters. The summed E-state index contributed by atoms with van der Waals surface area (Å²) < 4.78 is 0. The quantitative estimate of drug-likeness (QED) is 0.402. The van der Waals surface area contributed by atoms with Crippen LogP contribution in [0.1, 0.15) is 0 Å². The molecule has 0 saturated carbocycles. The molecule has 120 valence electrons. The van der Waals surface area contributed by atoms with E-state index in [4.69, 9.17) is 16.6 Å². The molecule has 2 heteroatoms. The van der Waals surface area contributed by atoms with E-state index in [1.807, 2.05) is 54.7 Å². The molecule has 0 bridgehead atoms. The van der Waals surface area contributed by atoms with Gasteiger partial charge in [0.15, 0.2) is 0 Å².